The molecule has 1 fully saturated rings. The fourth-order valence-corrected chi connectivity index (χ4v) is 2.10. The van der Waals surface area contributed by atoms with E-state index in [2.05, 4.69) is 29.2 Å². The monoisotopic (exact) mass is 209 g/mol. The highest BCUT2D eigenvalue weighted by Gasteiger charge is 2.25. The summed E-state index contributed by atoms with van der Waals surface area (Å²) in [6, 6.07) is 2.01. The normalized spacial score (nSPS) is 21.8. The first-order chi connectivity index (χ1) is 7.05. The van der Waals surface area contributed by atoms with Gasteiger partial charge >= 0.3 is 0 Å². The van der Waals surface area contributed by atoms with Crippen molar-refractivity contribution in [3.63, 3.8) is 0 Å². The first-order valence-corrected chi connectivity index (χ1v) is 5.45. The highest BCUT2D eigenvalue weighted by atomic mass is 16.5. The predicted molar refractivity (Wildman–Crippen MR) is 58.6 cm³/mol. The number of hydrogen-bond acceptors (Lipinski definition) is 4. The number of aromatic nitrogens is 1. The Bertz CT molecular complexity index is 332. The first kappa shape index (κ1) is 10.6. The average Bonchev–Trinajstić information content (AvgIpc) is 2.49. The van der Waals surface area contributed by atoms with Gasteiger partial charge in [0, 0.05) is 37.8 Å². The SMILES string of the molecule is Cc1cc(CN2CCNC(C)(C)C2)no1. The van der Waals surface area contributed by atoms with E-state index in [0.29, 0.717) is 0 Å². The molecule has 1 aliphatic heterocycles. The maximum absolute atomic E-state index is 5.07. The Morgan fingerprint density at radius 2 is 2.40 bits per heavy atom. The van der Waals surface area contributed by atoms with Crippen molar-refractivity contribution in [3.05, 3.63) is 17.5 Å². The minimum absolute atomic E-state index is 0.205. The molecule has 1 aliphatic rings. The second-order valence-electron chi connectivity index (χ2n) is 4.95. The van der Waals surface area contributed by atoms with Crippen LogP contribution in [0.3, 0.4) is 0 Å². The second-order valence-corrected chi connectivity index (χ2v) is 4.95. The van der Waals surface area contributed by atoms with Gasteiger partial charge in [-0.15, -0.1) is 0 Å². The molecule has 1 aromatic heterocycles. The summed E-state index contributed by atoms with van der Waals surface area (Å²) in [6.07, 6.45) is 0. The molecule has 0 spiro atoms. The van der Waals surface area contributed by atoms with Crippen LogP contribution in [0.1, 0.15) is 25.3 Å². The first-order valence-electron chi connectivity index (χ1n) is 5.45. The van der Waals surface area contributed by atoms with Crippen LogP contribution in [0.25, 0.3) is 0 Å². The number of nitrogens with one attached hydrogen (secondary N) is 1. The number of piperazine rings is 1. The van der Waals surface area contributed by atoms with Gasteiger partial charge in [0.2, 0.25) is 0 Å². The minimum atomic E-state index is 0.205. The van der Waals surface area contributed by atoms with E-state index in [-0.39, 0.29) is 5.54 Å². The van der Waals surface area contributed by atoms with Crippen molar-refractivity contribution in [2.24, 2.45) is 0 Å². The van der Waals surface area contributed by atoms with E-state index in [4.69, 9.17) is 4.52 Å². The standard InChI is InChI=1S/C11H19N3O/c1-9-6-10(13-15-9)7-14-5-4-12-11(2,3)8-14/h6,12H,4-5,7-8H2,1-3H3. The Morgan fingerprint density at radius 3 is 3.00 bits per heavy atom. The maximum Gasteiger partial charge on any atom is 0.133 e. The molecule has 0 aromatic carbocycles. The van der Waals surface area contributed by atoms with Crippen LogP contribution in [0.2, 0.25) is 0 Å². The van der Waals surface area contributed by atoms with E-state index < -0.39 is 0 Å². The zero-order valence-electron chi connectivity index (χ0n) is 9.71. The summed E-state index contributed by atoms with van der Waals surface area (Å²) in [4.78, 5) is 2.41. The lowest BCUT2D eigenvalue weighted by Gasteiger charge is -2.38. The zero-order valence-corrected chi connectivity index (χ0v) is 9.71. The van der Waals surface area contributed by atoms with E-state index in [1.54, 1.807) is 0 Å². The second kappa shape index (κ2) is 3.94. The van der Waals surface area contributed by atoms with Crippen molar-refractivity contribution >= 4 is 0 Å². The molecular weight excluding hydrogens is 190 g/mol. The lowest BCUT2D eigenvalue weighted by Crippen LogP contribution is -2.56. The molecule has 1 saturated heterocycles. The van der Waals surface area contributed by atoms with Crippen LogP contribution in [-0.2, 0) is 6.54 Å². The molecule has 0 bridgehead atoms. The van der Waals surface area contributed by atoms with E-state index >= 15 is 0 Å². The molecule has 2 rings (SSSR count). The summed E-state index contributed by atoms with van der Waals surface area (Å²) in [6.45, 7) is 10.5. The molecule has 1 aromatic rings. The predicted octanol–water partition coefficient (Wildman–Crippen LogP) is 1.17. The Labute approximate surface area is 90.6 Å². The molecule has 0 atom stereocenters. The van der Waals surface area contributed by atoms with Gasteiger partial charge in [-0.25, -0.2) is 0 Å². The van der Waals surface area contributed by atoms with E-state index in [1.807, 2.05) is 13.0 Å². The van der Waals surface area contributed by atoms with Gasteiger partial charge in [-0.05, 0) is 20.8 Å². The molecule has 0 saturated carbocycles. The highest BCUT2D eigenvalue weighted by molar-refractivity contribution is 5.04. The van der Waals surface area contributed by atoms with Crippen molar-refractivity contribution < 1.29 is 4.52 Å². The summed E-state index contributed by atoms with van der Waals surface area (Å²) in [5.74, 6) is 0.888. The third-order valence-corrected chi connectivity index (χ3v) is 2.71. The number of nitrogens with zero attached hydrogens (tertiary/aromatic N) is 2. The highest BCUT2D eigenvalue weighted by Crippen LogP contribution is 2.13. The van der Waals surface area contributed by atoms with Gasteiger partial charge in [-0.1, -0.05) is 5.16 Å². The van der Waals surface area contributed by atoms with Gasteiger partial charge in [0.1, 0.15) is 5.76 Å². The molecule has 0 amide bonds. The van der Waals surface area contributed by atoms with E-state index in [1.165, 1.54) is 0 Å². The topological polar surface area (TPSA) is 41.3 Å². The molecule has 0 unspecified atom stereocenters. The molecule has 4 nitrogen and oxygen atoms in total. The van der Waals surface area contributed by atoms with Gasteiger partial charge in [-0.2, -0.15) is 0 Å². The van der Waals surface area contributed by atoms with E-state index in [9.17, 15) is 0 Å². The Balaban J connectivity index is 1.95. The van der Waals surface area contributed by atoms with Crippen LogP contribution in [0.15, 0.2) is 10.6 Å². The summed E-state index contributed by atoms with van der Waals surface area (Å²) < 4.78 is 5.07. The molecular formula is C11H19N3O. The van der Waals surface area contributed by atoms with Crippen LogP contribution < -0.4 is 5.32 Å². The summed E-state index contributed by atoms with van der Waals surface area (Å²) in [7, 11) is 0. The van der Waals surface area contributed by atoms with Crippen molar-refractivity contribution in [2.45, 2.75) is 32.9 Å². The van der Waals surface area contributed by atoms with Crippen LogP contribution >= 0.6 is 0 Å². The van der Waals surface area contributed by atoms with Crippen LogP contribution in [-0.4, -0.2) is 35.2 Å². The minimum Gasteiger partial charge on any atom is -0.361 e. The fourth-order valence-electron chi connectivity index (χ4n) is 2.10. The molecule has 84 valence electrons. The van der Waals surface area contributed by atoms with Crippen LogP contribution in [0, 0.1) is 6.92 Å². The maximum atomic E-state index is 5.07. The lowest BCUT2D eigenvalue weighted by atomic mass is 10.0. The van der Waals surface area contributed by atoms with Crippen molar-refractivity contribution in [3.8, 4) is 0 Å². The number of hydrogen-bond donors (Lipinski definition) is 1. The average molecular weight is 209 g/mol. The molecule has 0 radical (unpaired) electrons. The third kappa shape index (κ3) is 2.79. The Hall–Kier alpha value is -0.870. The summed E-state index contributed by atoms with van der Waals surface area (Å²) in [5, 5.41) is 7.51. The number of aryl methyl sites for hydroxylation is 1. The van der Waals surface area contributed by atoms with Crippen LogP contribution in [0.5, 0.6) is 0 Å². The van der Waals surface area contributed by atoms with Crippen molar-refractivity contribution in [2.75, 3.05) is 19.6 Å². The van der Waals surface area contributed by atoms with Gasteiger partial charge < -0.3 is 9.84 Å². The van der Waals surface area contributed by atoms with Crippen LogP contribution in [0.4, 0.5) is 0 Å². The quantitative estimate of drug-likeness (QED) is 0.793. The summed E-state index contributed by atoms with van der Waals surface area (Å²) >= 11 is 0. The largest absolute Gasteiger partial charge is 0.361 e. The molecule has 2 heterocycles. The molecule has 1 N–H and O–H groups in total. The van der Waals surface area contributed by atoms with Gasteiger partial charge in [0.15, 0.2) is 0 Å². The zero-order chi connectivity index (χ0) is 10.9. The smallest absolute Gasteiger partial charge is 0.133 e. The third-order valence-electron chi connectivity index (χ3n) is 2.71. The Kier molecular flexibility index (Phi) is 2.80. The molecule has 4 heteroatoms. The van der Waals surface area contributed by atoms with Gasteiger partial charge in [0.25, 0.3) is 0 Å². The molecule has 15 heavy (non-hydrogen) atoms. The fraction of sp³-hybridized carbons (Fsp3) is 0.727. The van der Waals surface area contributed by atoms with Crippen molar-refractivity contribution in [1.82, 2.24) is 15.4 Å². The number of rotatable bonds is 2. The van der Waals surface area contributed by atoms with E-state index in [0.717, 1.165) is 37.6 Å². The van der Waals surface area contributed by atoms with Crippen molar-refractivity contribution in [1.29, 1.82) is 0 Å². The summed E-state index contributed by atoms with van der Waals surface area (Å²) in [5.41, 5.74) is 1.24. The Morgan fingerprint density at radius 1 is 1.60 bits per heavy atom. The van der Waals surface area contributed by atoms with Gasteiger partial charge in [0.05, 0.1) is 5.69 Å². The van der Waals surface area contributed by atoms with Gasteiger partial charge in [-0.3, -0.25) is 4.90 Å². The molecule has 0 aliphatic carbocycles. The lowest BCUT2D eigenvalue weighted by molar-refractivity contribution is 0.145.